The number of para-hydroxylation sites is 3. The highest BCUT2D eigenvalue weighted by Crippen LogP contribution is 2.31. The number of methoxy groups -OCH3 is 2. The molecule has 0 radical (unpaired) electrons. The molecule has 52 heavy (non-hydrogen) atoms. The summed E-state index contributed by atoms with van der Waals surface area (Å²) >= 11 is 0. The lowest BCUT2D eigenvalue weighted by atomic mass is 10.1. The van der Waals surface area contributed by atoms with Gasteiger partial charge in [-0.15, -0.1) is 0 Å². The molecule has 0 aliphatic rings. The molecule has 8 nitrogen and oxygen atoms in total. The molecule has 260 valence electrons. The zero-order valence-corrected chi connectivity index (χ0v) is 29.7. The molecule has 0 N–H and O–H groups in total. The van der Waals surface area contributed by atoms with Crippen LogP contribution in [0.1, 0.15) is 22.3 Å². The highest BCUT2D eigenvalue weighted by molar-refractivity contribution is 5.80. The Morgan fingerprint density at radius 3 is 1.40 bits per heavy atom. The number of ether oxygens (including phenoxy) is 2. The number of nitrogens with zero attached hydrogens (tertiary/aromatic N) is 4. The summed E-state index contributed by atoms with van der Waals surface area (Å²) < 4.78 is 18.5. The Morgan fingerprint density at radius 2 is 0.904 bits per heavy atom. The first-order valence-corrected chi connectivity index (χ1v) is 17.2. The molecule has 0 fully saturated rings. The predicted octanol–water partition coefficient (Wildman–Crippen LogP) is 8.32. The van der Waals surface area contributed by atoms with Gasteiger partial charge in [0, 0.05) is 17.7 Å². The van der Waals surface area contributed by atoms with Gasteiger partial charge in [0.2, 0.25) is 0 Å². The fraction of sp³-hybridized carbons (Fsp3) is 0.136. The van der Waals surface area contributed by atoms with Crippen LogP contribution >= 0.6 is 0 Å². The van der Waals surface area contributed by atoms with E-state index in [-0.39, 0.29) is 11.1 Å². The normalized spacial score (nSPS) is 11.0. The third-order valence-corrected chi connectivity index (χ3v) is 9.30. The van der Waals surface area contributed by atoms with Gasteiger partial charge in [0.25, 0.3) is 11.1 Å². The van der Waals surface area contributed by atoms with Crippen LogP contribution in [0.2, 0.25) is 0 Å². The van der Waals surface area contributed by atoms with E-state index in [1.54, 1.807) is 23.6 Å². The molecule has 8 heteroatoms. The summed E-state index contributed by atoms with van der Waals surface area (Å²) in [6.07, 6.45) is 0. The molecule has 0 amide bonds. The number of benzene rings is 6. The van der Waals surface area contributed by atoms with Crippen molar-refractivity contribution in [1.29, 1.82) is 0 Å². The van der Waals surface area contributed by atoms with Crippen molar-refractivity contribution in [2.75, 3.05) is 14.2 Å². The lowest BCUT2D eigenvalue weighted by molar-refractivity contribution is 0.388. The minimum atomic E-state index is -0.0699. The van der Waals surface area contributed by atoms with Gasteiger partial charge in [0.05, 0.1) is 60.5 Å². The Morgan fingerprint density at radius 1 is 0.481 bits per heavy atom. The van der Waals surface area contributed by atoms with Crippen molar-refractivity contribution in [3.63, 3.8) is 0 Å². The highest BCUT2D eigenvalue weighted by Gasteiger charge is 2.18. The Labute approximate surface area is 301 Å². The average molecular weight is 689 g/mol. The summed E-state index contributed by atoms with van der Waals surface area (Å²) in [5, 5.41) is 1.42. The van der Waals surface area contributed by atoms with Crippen molar-refractivity contribution in [2.45, 2.75) is 26.9 Å². The smallest absolute Gasteiger partial charge is 0.279 e. The van der Waals surface area contributed by atoms with E-state index in [2.05, 4.69) is 48.0 Å². The van der Waals surface area contributed by atoms with E-state index >= 15 is 0 Å². The molecule has 2 heterocycles. The molecule has 0 unspecified atom stereocenters. The fourth-order valence-corrected chi connectivity index (χ4v) is 6.63. The van der Waals surface area contributed by atoms with Crippen LogP contribution in [0, 0.1) is 13.8 Å². The number of hydrogen-bond acceptors (Lipinski definition) is 4. The summed E-state index contributed by atoms with van der Waals surface area (Å²) in [6.45, 7) is 5.23. The van der Waals surface area contributed by atoms with Gasteiger partial charge in [-0.2, -0.15) is 0 Å². The van der Waals surface area contributed by atoms with Crippen LogP contribution in [0.4, 0.5) is 0 Å². The molecule has 8 aromatic rings. The standard InChI is InChI=1S/C23H22N2O3.C21H18N2O/c1-16-21(27-2)13-18(14-22(16)28-3)25-23(26)19-11-7-8-12-20(19)24(25)15-17-9-5-4-6-10-17;1-16-11-13-17(14-12-16)15-22-20-10-6-5-9-19(20)21(24)23(22)18-7-3-2-4-8-18/h4-14H,15H2,1-3H3;2-14H,15H2,1H3. The molecule has 0 aliphatic carbocycles. The second-order valence-corrected chi connectivity index (χ2v) is 12.7. The summed E-state index contributed by atoms with van der Waals surface area (Å²) in [7, 11) is 3.24. The molecule has 0 aliphatic heterocycles. The largest absolute Gasteiger partial charge is 0.496 e. The Balaban J connectivity index is 0.000000164. The van der Waals surface area contributed by atoms with E-state index in [0.29, 0.717) is 35.7 Å². The Bertz CT molecular complexity index is 2570. The van der Waals surface area contributed by atoms with Crippen LogP contribution in [0.3, 0.4) is 0 Å². The maximum absolute atomic E-state index is 13.3. The molecular weight excluding hydrogens is 649 g/mol. The van der Waals surface area contributed by atoms with Gasteiger partial charge in [-0.3, -0.25) is 19.0 Å². The maximum Gasteiger partial charge on any atom is 0.279 e. The zero-order valence-electron chi connectivity index (χ0n) is 29.7. The molecule has 2 aromatic heterocycles. The minimum Gasteiger partial charge on any atom is -0.496 e. The monoisotopic (exact) mass is 688 g/mol. The van der Waals surface area contributed by atoms with Gasteiger partial charge in [-0.05, 0) is 61.4 Å². The Kier molecular flexibility index (Phi) is 9.62. The van der Waals surface area contributed by atoms with Gasteiger partial charge in [0.1, 0.15) is 11.5 Å². The van der Waals surface area contributed by atoms with Gasteiger partial charge in [-0.25, -0.2) is 9.36 Å². The topological polar surface area (TPSA) is 72.3 Å². The molecule has 0 spiro atoms. The van der Waals surface area contributed by atoms with Gasteiger partial charge in [0.15, 0.2) is 0 Å². The molecule has 0 saturated carbocycles. The molecule has 0 atom stereocenters. The van der Waals surface area contributed by atoms with Crippen LogP contribution < -0.4 is 20.6 Å². The lowest BCUT2D eigenvalue weighted by Gasteiger charge is -2.16. The van der Waals surface area contributed by atoms with Crippen LogP contribution in [-0.4, -0.2) is 32.9 Å². The van der Waals surface area contributed by atoms with Crippen LogP contribution in [0.5, 0.6) is 11.5 Å². The minimum absolute atomic E-state index is 0.0175. The lowest BCUT2D eigenvalue weighted by Crippen LogP contribution is -2.22. The fourth-order valence-electron chi connectivity index (χ4n) is 6.63. The number of hydrogen-bond donors (Lipinski definition) is 0. The first-order chi connectivity index (χ1) is 25.4. The number of aryl methyl sites for hydroxylation is 1. The van der Waals surface area contributed by atoms with Crippen molar-refractivity contribution in [2.24, 2.45) is 0 Å². The maximum atomic E-state index is 13.3. The van der Waals surface area contributed by atoms with E-state index in [1.807, 2.05) is 121 Å². The molecular formula is C44H40N4O4. The quantitative estimate of drug-likeness (QED) is 0.161. The SMILES string of the molecule is COc1cc(-n2c(=O)c3ccccc3n2Cc2ccccc2)cc(OC)c1C.Cc1ccc(Cn2c3ccccc3c(=O)n2-c2ccccc2)cc1. The van der Waals surface area contributed by atoms with Crippen molar-refractivity contribution >= 4 is 21.8 Å². The zero-order chi connectivity index (χ0) is 36.2. The first kappa shape index (κ1) is 33.9. The van der Waals surface area contributed by atoms with Crippen LogP contribution in [-0.2, 0) is 13.1 Å². The van der Waals surface area contributed by atoms with Crippen LogP contribution in [0.25, 0.3) is 33.2 Å². The molecule has 6 aromatic carbocycles. The van der Waals surface area contributed by atoms with Crippen molar-refractivity contribution < 1.29 is 9.47 Å². The van der Waals surface area contributed by atoms with Crippen molar-refractivity contribution in [3.05, 3.63) is 189 Å². The van der Waals surface area contributed by atoms with Crippen molar-refractivity contribution in [1.82, 2.24) is 18.7 Å². The Hall–Kier alpha value is -6.54. The van der Waals surface area contributed by atoms with Crippen molar-refractivity contribution in [3.8, 4) is 22.9 Å². The van der Waals surface area contributed by atoms with Gasteiger partial charge < -0.3 is 9.47 Å². The molecule has 0 bridgehead atoms. The second-order valence-electron chi connectivity index (χ2n) is 12.7. The van der Waals surface area contributed by atoms with E-state index in [4.69, 9.17) is 9.47 Å². The first-order valence-electron chi connectivity index (χ1n) is 17.2. The summed E-state index contributed by atoms with van der Waals surface area (Å²) in [6, 6.07) is 47.5. The third-order valence-electron chi connectivity index (χ3n) is 9.30. The molecule has 8 rings (SSSR count). The summed E-state index contributed by atoms with van der Waals surface area (Å²) in [5.41, 5.74) is 7.78. The number of rotatable bonds is 8. The summed E-state index contributed by atoms with van der Waals surface area (Å²) in [5.74, 6) is 1.36. The van der Waals surface area contributed by atoms with Crippen LogP contribution in [0.15, 0.2) is 155 Å². The van der Waals surface area contributed by atoms with Gasteiger partial charge >= 0.3 is 0 Å². The predicted molar refractivity (Wildman–Crippen MR) is 209 cm³/mol. The van der Waals surface area contributed by atoms with E-state index in [1.165, 1.54) is 11.1 Å². The highest BCUT2D eigenvalue weighted by atomic mass is 16.5. The van der Waals surface area contributed by atoms with E-state index in [0.717, 1.165) is 33.2 Å². The van der Waals surface area contributed by atoms with Gasteiger partial charge in [-0.1, -0.05) is 103 Å². The number of fused-ring (bicyclic) bond motifs is 2. The van der Waals surface area contributed by atoms with E-state index in [9.17, 15) is 9.59 Å². The average Bonchev–Trinajstić information content (AvgIpc) is 3.63. The third kappa shape index (κ3) is 6.54. The summed E-state index contributed by atoms with van der Waals surface area (Å²) in [4.78, 5) is 26.2. The molecule has 0 saturated heterocycles. The number of aromatic nitrogens is 4. The second kappa shape index (κ2) is 14.7. The van der Waals surface area contributed by atoms with E-state index < -0.39 is 0 Å².